The summed E-state index contributed by atoms with van der Waals surface area (Å²) in [6, 6.07) is 25.3. The van der Waals surface area contributed by atoms with E-state index in [1.165, 1.54) is 24.3 Å². The number of ether oxygens (including phenoxy) is 2. The number of benzene rings is 4. The van der Waals surface area contributed by atoms with Crippen LogP contribution in [0.2, 0.25) is 0 Å². The van der Waals surface area contributed by atoms with Crippen LogP contribution in [0.1, 0.15) is 28.4 Å². The summed E-state index contributed by atoms with van der Waals surface area (Å²) in [5.74, 6) is -0.819. The first-order valence-electron chi connectivity index (χ1n) is 11.7. The van der Waals surface area contributed by atoms with Crippen LogP contribution in [-0.4, -0.2) is 23.6 Å². The summed E-state index contributed by atoms with van der Waals surface area (Å²) < 4.78 is 12.5. The number of hydrogen-bond acceptors (Lipinski definition) is 5. The van der Waals surface area contributed by atoms with Crippen molar-refractivity contribution < 1.29 is 24.2 Å². The van der Waals surface area contributed by atoms with E-state index >= 15 is 0 Å². The lowest BCUT2D eigenvalue weighted by Crippen LogP contribution is -2.14. The Labute approximate surface area is 228 Å². The smallest absolute Gasteiger partial charge is 0.335 e. The zero-order valence-corrected chi connectivity index (χ0v) is 22.0. The number of halogens is 1. The Morgan fingerprint density at radius 1 is 1.00 bits per heavy atom. The highest BCUT2D eigenvalue weighted by atomic mass is 79.9. The first-order chi connectivity index (χ1) is 18.4. The number of carboxylic acids is 1. The first-order valence-corrected chi connectivity index (χ1v) is 12.5. The van der Waals surface area contributed by atoms with Crippen molar-refractivity contribution in [1.29, 1.82) is 5.26 Å². The molecule has 0 saturated heterocycles. The molecule has 4 aromatic carbocycles. The molecular formula is C30H23BrN2O5. The van der Waals surface area contributed by atoms with Crippen molar-refractivity contribution in [3.63, 3.8) is 0 Å². The third-order valence-electron chi connectivity index (χ3n) is 5.57. The minimum absolute atomic E-state index is 0.0230. The van der Waals surface area contributed by atoms with Gasteiger partial charge in [0.2, 0.25) is 0 Å². The molecule has 0 fully saturated rings. The van der Waals surface area contributed by atoms with E-state index in [2.05, 4.69) is 33.4 Å². The fraction of sp³-hybridized carbons (Fsp3) is 0.100. The van der Waals surface area contributed by atoms with Gasteiger partial charge in [-0.15, -0.1) is 0 Å². The van der Waals surface area contributed by atoms with E-state index in [1.54, 1.807) is 18.2 Å². The maximum atomic E-state index is 12.7. The lowest BCUT2D eigenvalue weighted by Gasteiger charge is -2.15. The second-order valence-electron chi connectivity index (χ2n) is 8.24. The topological polar surface area (TPSA) is 109 Å². The van der Waals surface area contributed by atoms with Gasteiger partial charge in [-0.3, -0.25) is 4.79 Å². The summed E-state index contributed by atoms with van der Waals surface area (Å²) in [5, 5.41) is 23.6. The number of amides is 1. The number of nitriles is 1. The van der Waals surface area contributed by atoms with Crippen LogP contribution in [0.15, 0.2) is 88.9 Å². The number of carbonyl (C=O) groups excluding carboxylic acids is 1. The van der Waals surface area contributed by atoms with Crippen molar-refractivity contribution in [1.82, 2.24) is 0 Å². The zero-order chi connectivity index (χ0) is 27.1. The Kier molecular flexibility index (Phi) is 8.41. The molecule has 0 aliphatic carbocycles. The van der Waals surface area contributed by atoms with Gasteiger partial charge in [-0.05, 0) is 87.2 Å². The molecule has 7 nitrogen and oxygen atoms in total. The summed E-state index contributed by atoms with van der Waals surface area (Å²) in [6.07, 6.45) is 1.43. The summed E-state index contributed by atoms with van der Waals surface area (Å²) in [4.78, 5) is 23.9. The van der Waals surface area contributed by atoms with Gasteiger partial charge in [0.05, 0.1) is 16.6 Å². The molecule has 0 heterocycles. The summed E-state index contributed by atoms with van der Waals surface area (Å²) in [6.45, 7) is 2.56. The van der Waals surface area contributed by atoms with Crippen LogP contribution in [0.3, 0.4) is 0 Å². The number of carbonyl (C=O) groups is 2. The normalized spacial score (nSPS) is 11.0. The third-order valence-corrected chi connectivity index (χ3v) is 6.16. The van der Waals surface area contributed by atoms with Gasteiger partial charge in [-0.25, -0.2) is 4.79 Å². The molecule has 0 unspecified atom stereocenters. The number of nitrogens with zero attached hydrogens (tertiary/aromatic N) is 1. The molecule has 38 heavy (non-hydrogen) atoms. The minimum atomic E-state index is -1.12. The largest absolute Gasteiger partial charge is 0.490 e. The standard InChI is InChI=1S/C30H23BrN2O5/c1-2-37-27-15-20(13-24(17-32)29(34)33-25-9-5-8-23(16-25)30(35)36)14-26(31)28(27)38-18-19-10-11-21-6-3-4-7-22(21)12-19/h3-16H,2,18H2,1H3,(H,33,34)(H,35,36)/b24-13-. The van der Waals surface area contributed by atoms with Crippen molar-refractivity contribution in [2.75, 3.05) is 11.9 Å². The molecule has 190 valence electrons. The number of nitrogens with one attached hydrogen (secondary N) is 1. The molecule has 8 heteroatoms. The molecule has 0 aliphatic heterocycles. The van der Waals surface area contributed by atoms with Crippen LogP contribution in [0.25, 0.3) is 16.8 Å². The highest BCUT2D eigenvalue weighted by Crippen LogP contribution is 2.38. The van der Waals surface area contributed by atoms with Crippen molar-refractivity contribution in [3.8, 4) is 17.6 Å². The molecule has 0 aliphatic rings. The van der Waals surface area contributed by atoms with E-state index in [9.17, 15) is 14.9 Å². The predicted octanol–water partition coefficient (Wildman–Crippen LogP) is 6.82. The van der Waals surface area contributed by atoms with Crippen LogP contribution in [0.5, 0.6) is 11.5 Å². The molecule has 0 saturated carbocycles. The van der Waals surface area contributed by atoms with Crippen molar-refractivity contribution in [3.05, 3.63) is 106 Å². The van der Waals surface area contributed by atoms with Gasteiger partial charge in [0.25, 0.3) is 5.91 Å². The lowest BCUT2D eigenvalue weighted by atomic mass is 10.1. The maximum absolute atomic E-state index is 12.7. The third kappa shape index (κ3) is 6.38. The fourth-order valence-electron chi connectivity index (χ4n) is 3.80. The Bertz CT molecular complexity index is 1590. The Balaban J connectivity index is 1.56. The Morgan fingerprint density at radius 3 is 2.53 bits per heavy atom. The quantitative estimate of drug-likeness (QED) is 0.169. The second-order valence-corrected chi connectivity index (χ2v) is 9.10. The van der Waals surface area contributed by atoms with Gasteiger partial charge >= 0.3 is 5.97 Å². The van der Waals surface area contributed by atoms with Crippen molar-refractivity contribution in [2.45, 2.75) is 13.5 Å². The SMILES string of the molecule is CCOc1cc(/C=C(/C#N)C(=O)Nc2cccc(C(=O)O)c2)cc(Br)c1OCc1ccc2ccccc2c1. The maximum Gasteiger partial charge on any atom is 0.335 e. The molecule has 1 amide bonds. The zero-order valence-electron chi connectivity index (χ0n) is 20.4. The molecule has 0 atom stereocenters. The highest BCUT2D eigenvalue weighted by molar-refractivity contribution is 9.10. The molecule has 0 radical (unpaired) electrons. The van der Waals surface area contributed by atoms with Crippen molar-refractivity contribution >= 4 is 50.3 Å². The van der Waals surface area contributed by atoms with Gasteiger partial charge in [0, 0.05) is 5.69 Å². The van der Waals surface area contributed by atoms with E-state index in [1.807, 2.05) is 43.3 Å². The number of carboxylic acid groups (broad SMARTS) is 1. The van der Waals surface area contributed by atoms with E-state index in [0.717, 1.165) is 16.3 Å². The predicted molar refractivity (Wildman–Crippen MR) is 149 cm³/mol. The Morgan fingerprint density at radius 2 is 1.79 bits per heavy atom. The van der Waals surface area contributed by atoms with Gasteiger partial charge < -0.3 is 19.9 Å². The van der Waals surface area contributed by atoms with Crippen LogP contribution >= 0.6 is 15.9 Å². The Hall–Kier alpha value is -4.61. The summed E-state index contributed by atoms with van der Waals surface area (Å²) >= 11 is 3.53. The molecule has 0 spiro atoms. The number of aromatic carboxylic acids is 1. The monoisotopic (exact) mass is 570 g/mol. The van der Waals surface area contributed by atoms with Gasteiger partial charge in [0.15, 0.2) is 11.5 Å². The number of rotatable bonds is 9. The van der Waals surface area contributed by atoms with E-state index < -0.39 is 11.9 Å². The van der Waals surface area contributed by atoms with Gasteiger partial charge in [0.1, 0.15) is 18.2 Å². The molecule has 4 aromatic rings. The first kappa shape index (κ1) is 26.5. The fourth-order valence-corrected chi connectivity index (χ4v) is 4.38. The summed E-state index contributed by atoms with van der Waals surface area (Å²) in [5.41, 5.74) is 1.67. The number of fused-ring (bicyclic) bond motifs is 1. The molecule has 0 aromatic heterocycles. The average Bonchev–Trinajstić information content (AvgIpc) is 2.91. The van der Waals surface area contributed by atoms with Gasteiger partial charge in [-0.2, -0.15) is 5.26 Å². The average molecular weight is 571 g/mol. The van der Waals surface area contributed by atoms with Crippen LogP contribution in [-0.2, 0) is 11.4 Å². The van der Waals surface area contributed by atoms with Crippen LogP contribution in [0, 0.1) is 11.3 Å². The lowest BCUT2D eigenvalue weighted by molar-refractivity contribution is -0.112. The van der Waals surface area contributed by atoms with E-state index in [-0.39, 0.29) is 16.8 Å². The van der Waals surface area contributed by atoms with E-state index in [4.69, 9.17) is 14.6 Å². The summed E-state index contributed by atoms with van der Waals surface area (Å²) in [7, 11) is 0. The number of anilines is 1. The molecule has 2 N–H and O–H groups in total. The number of hydrogen-bond donors (Lipinski definition) is 2. The highest BCUT2D eigenvalue weighted by Gasteiger charge is 2.15. The van der Waals surface area contributed by atoms with Crippen molar-refractivity contribution in [2.24, 2.45) is 0 Å². The van der Waals surface area contributed by atoms with Crippen LogP contribution in [0.4, 0.5) is 5.69 Å². The molecular weight excluding hydrogens is 548 g/mol. The molecule has 4 rings (SSSR count). The second kappa shape index (κ2) is 12.1. The van der Waals surface area contributed by atoms with Gasteiger partial charge in [-0.1, -0.05) is 42.5 Å². The minimum Gasteiger partial charge on any atom is -0.490 e. The molecule has 0 bridgehead atoms. The van der Waals surface area contributed by atoms with E-state index in [0.29, 0.717) is 34.7 Å². The van der Waals surface area contributed by atoms with Crippen LogP contribution < -0.4 is 14.8 Å².